The van der Waals surface area contributed by atoms with Gasteiger partial charge in [0.2, 0.25) is 5.91 Å². The summed E-state index contributed by atoms with van der Waals surface area (Å²) in [7, 11) is 1.67. The molecule has 2 aromatic carbocycles. The fourth-order valence-electron chi connectivity index (χ4n) is 3.57. The Morgan fingerprint density at radius 3 is 2.62 bits per heavy atom. The zero-order valence-electron chi connectivity index (χ0n) is 19.4. The van der Waals surface area contributed by atoms with E-state index < -0.39 is 0 Å². The highest BCUT2D eigenvalue weighted by atomic mass is 16.5. The Morgan fingerprint density at radius 1 is 1.12 bits per heavy atom. The van der Waals surface area contributed by atoms with Gasteiger partial charge in [-0.1, -0.05) is 44.2 Å². The van der Waals surface area contributed by atoms with Crippen LogP contribution in [0.25, 0.3) is 17.0 Å². The summed E-state index contributed by atoms with van der Waals surface area (Å²) in [5, 5.41) is 7.54. The Hall–Kier alpha value is -3.34. The smallest absolute Gasteiger partial charge is 0.243 e. The van der Waals surface area contributed by atoms with E-state index in [1.54, 1.807) is 19.4 Å². The monoisotopic (exact) mass is 431 g/mol. The van der Waals surface area contributed by atoms with E-state index in [9.17, 15) is 4.79 Å². The first-order chi connectivity index (χ1) is 15.5. The van der Waals surface area contributed by atoms with Gasteiger partial charge in [0.1, 0.15) is 5.75 Å². The van der Waals surface area contributed by atoms with Crippen LogP contribution in [0.2, 0.25) is 0 Å². The third kappa shape index (κ3) is 6.58. The van der Waals surface area contributed by atoms with E-state index in [1.807, 2.05) is 42.5 Å². The van der Waals surface area contributed by atoms with Crippen LogP contribution in [0.4, 0.5) is 5.69 Å². The number of carbonyl (C=O) groups excluding carboxylic acids is 1. The molecule has 32 heavy (non-hydrogen) atoms. The Morgan fingerprint density at radius 2 is 1.91 bits per heavy atom. The SMILES string of the molecule is COc1cc(NC(C)CCCNC(=O)/C=C/c2ccc(C(C)C)cc2)c2ncccc2c1. The van der Waals surface area contributed by atoms with Gasteiger partial charge in [-0.25, -0.2) is 0 Å². The number of methoxy groups -OCH3 is 1. The molecule has 1 amide bonds. The molecule has 0 spiro atoms. The molecule has 0 aliphatic heterocycles. The van der Waals surface area contributed by atoms with E-state index in [0.717, 1.165) is 40.7 Å². The van der Waals surface area contributed by atoms with E-state index in [4.69, 9.17) is 4.74 Å². The molecule has 3 aromatic rings. The van der Waals surface area contributed by atoms with Crippen LogP contribution in [0.15, 0.2) is 60.8 Å². The van der Waals surface area contributed by atoms with Gasteiger partial charge in [0.05, 0.1) is 18.3 Å². The summed E-state index contributed by atoms with van der Waals surface area (Å²) in [6.45, 7) is 7.12. The van der Waals surface area contributed by atoms with Crippen molar-refractivity contribution in [3.8, 4) is 5.75 Å². The fraction of sp³-hybridized carbons (Fsp3) is 0.333. The molecule has 0 fully saturated rings. The van der Waals surface area contributed by atoms with E-state index in [-0.39, 0.29) is 11.9 Å². The molecule has 0 aliphatic carbocycles. The van der Waals surface area contributed by atoms with Crippen molar-refractivity contribution in [3.05, 3.63) is 71.9 Å². The first-order valence-corrected chi connectivity index (χ1v) is 11.2. The maximum absolute atomic E-state index is 12.1. The molecule has 2 N–H and O–H groups in total. The van der Waals surface area contributed by atoms with Crippen molar-refractivity contribution in [3.63, 3.8) is 0 Å². The highest BCUT2D eigenvalue weighted by Crippen LogP contribution is 2.28. The Kier molecular flexibility index (Phi) is 8.26. The molecule has 0 bridgehead atoms. The van der Waals surface area contributed by atoms with Crippen LogP contribution >= 0.6 is 0 Å². The summed E-state index contributed by atoms with van der Waals surface area (Å²) in [6.07, 6.45) is 7.05. The number of benzene rings is 2. The molecule has 0 aliphatic rings. The molecule has 1 aromatic heterocycles. The molecule has 1 unspecified atom stereocenters. The number of aromatic nitrogens is 1. The van der Waals surface area contributed by atoms with Crippen LogP contribution in [-0.4, -0.2) is 30.6 Å². The Bertz CT molecular complexity index is 1060. The lowest BCUT2D eigenvalue weighted by Crippen LogP contribution is -2.24. The third-order valence-corrected chi connectivity index (χ3v) is 5.46. The average Bonchev–Trinajstić information content (AvgIpc) is 2.80. The van der Waals surface area contributed by atoms with Crippen molar-refractivity contribution < 1.29 is 9.53 Å². The Balaban J connectivity index is 1.44. The normalized spacial score (nSPS) is 12.3. The van der Waals surface area contributed by atoms with Gasteiger partial charge in [-0.15, -0.1) is 0 Å². The second-order valence-electron chi connectivity index (χ2n) is 8.38. The molecule has 3 rings (SSSR count). The summed E-state index contributed by atoms with van der Waals surface area (Å²) >= 11 is 0. The standard InChI is InChI=1S/C27H33N3O2/c1-19(2)22-12-9-21(10-13-22)11-14-26(31)28-15-5-7-20(3)30-25-18-24(32-4)17-23-8-6-16-29-27(23)25/h6,8-14,16-20,30H,5,7,15H2,1-4H3,(H,28,31)/b14-11+. The number of rotatable bonds is 10. The number of hydrogen-bond acceptors (Lipinski definition) is 4. The first kappa shape index (κ1) is 23.3. The van der Waals surface area contributed by atoms with Crippen molar-refractivity contribution in [2.45, 2.75) is 45.6 Å². The number of ether oxygens (including phenoxy) is 1. The van der Waals surface area contributed by atoms with E-state index in [0.29, 0.717) is 12.5 Å². The summed E-state index contributed by atoms with van der Waals surface area (Å²) in [5.41, 5.74) is 4.22. The molecule has 1 atom stereocenters. The zero-order chi connectivity index (χ0) is 22.9. The number of fused-ring (bicyclic) bond motifs is 1. The molecule has 0 saturated carbocycles. The van der Waals surface area contributed by atoms with Crippen LogP contribution in [0, 0.1) is 0 Å². The highest BCUT2D eigenvalue weighted by molar-refractivity contribution is 5.92. The van der Waals surface area contributed by atoms with Gasteiger partial charge in [0.25, 0.3) is 0 Å². The molecule has 5 nitrogen and oxygen atoms in total. The number of pyridine rings is 1. The number of anilines is 1. The van der Waals surface area contributed by atoms with E-state index in [1.165, 1.54) is 5.56 Å². The van der Waals surface area contributed by atoms with Gasteiger partial charge in [-0.3, -0.25) is 9.78 Å². The average molecular weight is 432 g/mol. The minimum atomic E-state index is -0.0680. The number of nitrogens with zero attached hydrogens (tertiary/aromatic N) is 1. The summed E-state index contributed by atoms with van der Waals surface area (Å²) in [5.74, 6) is 1.24. The van der Waals surface area contributed by atoms with Crippen LogP contribution < -0.4 is 15.4 Å². The lowest BCUT2D eigenvalue weighted by Gasteiger charge is -2.17. The molecule has 168 valence electrons. The van der Waals surface area contributed by atoms with Crippen LogP contribution in [-0.2, 0) is 4.79 Å². The molecule has 1 heterocycles. The summed E-state index contributed by atoms with van der Waals surface area (Å²) < 4.78 is 5.42. The predicted octanol–water partition coefficient (Wildman–Crippen LogP) is 5.78. The van der Waals surface area contributed by atoms with E-state index in [2.05, 4.69) is 48.5 Å². The van der Waals surface area contributed by atoms with Gasteiger partial charge in [0.15, 0.2) is 0 Å². The molecule has 0 saturated heterocycles. The van der Waals surface area contributed by atoms with E-state index >= 15 is 0 Å². The van der Waals surface area contributed by atoms with Crippen LogP contribution in [0.5, 0.6) is 5.75 Å². The second kappa shape index (κ2) is 11.3. The van der Waals surface area contributed by atoms with Crippen molar-refractivity contribution in [2.24, 2.45) is 0 Å². The molecular weight excluding hydrogens is 398 g/mol. The quantitative estimate of drug-likeness (QED) is 0.316. The van der Waals surface area contributed by atoms with Crippen molar-refractivity contribution in [1.29, 1.82) is 0 Å². The molecule has 5 heteroatoms. The first-order valence-electron chi connectivity index (χ1n) is 11.2. The number of nitrogens with one attached hydrogen (secondary N) is 2. The lowest BCUT2D eigenvalue weighted by atomic mass is 10.0. The summed E-state index contributed by atoms with van der Waals surface area (Å²) in [4.78, 5) is 16.6. The highest BCUT2D eigenvalue weighted by Gasteiger charge is 2.09. The second-order valence-corrected chi connectivity index (χ2v) is 8.38. The van der Waals surface area contributed by atoms with Gasteiger partial charge in [-0.05, 0) is 55.0 Å². The van der Waals surface area contributed by atoms with Crippen molar-refractivity contribution >= 4 is 28.6 Å². The van der Waals surface area contributed by atoms with Crippen molar-refractivity contribution in [1.82, 2.24) is 10.3 Å². The maximum Gasteiger partial charge on any atom is 0.243 e. The maximum atomic E-state index is 12.1. The molecule has 0 radical (unpaired) electrons. The van der Waals surface area contributed by atoms with Gasteiger partial charge in [-0.2, -0.15) is 0 Å². The minimum absolute atomic E-state index is 0.0680. The van der Waals surface area contributed by atoms with Crippen molar-refractivity contribution in [2.75, 3.05) is 19.0 Å². The topological polar surface area (TPSA) is 63.2 Å². The van der Waals surface area contributed by atoms with Crippen LogP contribution in [0.1, 0.15) is 50.7 Å². The van der Waals surface area contributed by atoms with Crippen LogP contribution in [0.3, 0.4) is 0 Å². The van der Waals surface area contributed by atoms with Gasteiger partial charge in [0, 0.05) is 36.3 Å². The lowest BCUT2D eigenvalue weighted by molar-refractivity contribution is -0.116. The fourth-order valence-corrected chi connectivity index (χ4v) is 3.57. The number of hydrogen-bond donors (Lipinski definition) is 2. The molecular formula is C27H33N3O2. The largest absolute Gasteiger partial charge is 0.497 e. The van der Waals surface area contributed by atoms with Gasteiger partial charge < -0.3 is 15.4 Å². The minimum Gasteiger partial charge on any atom is -0.497 e. The third-order valence-electron chi connectivity index (χ3n) is 5.46. The predicted molar refractivity (Wildman–Crippen MR) is 133 cm³/mol. The Labute approximate surface area is 190 Å². The zero-order valence-corrected chi connectivity index (χ0v) is 19.4. The number of carbonyl (C=O) groups is 1. The number of amides is 1. The summed E-state index contributed by atoms with van der Waals surface area (Å²) in [6, 6.07) is 16.5. The van der Waals surface area contributed by atoms with Gasteiger partial charge >= 0.3 is 0 Å².